The van der Waals surface area contributed by atoms with Crippen LogP contribution in [-0.4, -0.2) is 15.8 Å². The maximum absolute atomic E-state index is 13.4. The summed E-state index contributed by atoms with van der Waals surface area (Å²) in [7, 11) is 0. The van der Waals surface area contributed by atoms with E-state index in [2.05, 4.69) is 10.3 Å². The lowest BCUT2D eigenvalue weighted by molar-refractivity contribution is -0.384. The molecule has 1 aromatic heterocycles. The normalized spacial score (nSPS) is 11.5. The number of H-pyrrole nitrogens is 1. The fourth-order valence-corrected chi connectivity index (χ4v) is 3.32. The molecule has 162 valence electrons. The predicted octanol–water partition coefficient (Wildman–Crippen LogP) is 6.15. The SMILES string of the molecule is O=C(Nc1cccc(-c2ccc(F)cc2C(F)(F)F)c1)c1cc2ccc([N+](=O)[O-])cc2[nH]1. The van der Waals surface area contributed by atoms with E-state index in [1.807, 2.05) is 0 Å². The van der Waals surface area contributed by atoms with Gasteiger partial charge in [0.05, 0.1) is 16.0 Å². The van der Waals surface area contributed by atoms with Gasteiger partial charge in [-0.1, -0.05) is 18.2 Å². The number of hydrogen-bond donors (Lipinski definition) is 2. The fraction of sp³-hybridized carbons (Fsp3) is 0.0455. The Morgan fingerprint density at radius 2 is 1.78 bits per heavy atom. The third-order valence-corrected chi connectivity index (χ3v) is 4.78. The minimum absolute atomic E-state index is 0.115. The molecule has 0 spiro atoms. The van der Waals surface area contributed by atoms with E-state index in [9.17, 15) is 32.5 Å². The molecule has 0 aliphatic carbocycles. The van der Waals surface area contributed by atoms with Crippen LogP contribution in [0.3, 0.4) is 0 Å². The summed E-state index contributed by atoms with van der Waals surface area (Å²) in [5, 5.41) is 14.1. The van der Waals surface area contributed by atoms with Crippen molar-refractivity contribution in [3.63, 3.8) is 0 Å². The molecule has 0 radical (unpaired) electrons. The molecule has 0 fully saturated rings. The average molecular weight is 443 g/mol. The van der Waals surface area contributed by atoms with Gasteiger partial charge in [-0.3, -0.25) is 14.9 Å². The van der Waals surface area contributed by atoms with Gasteiger partial charge in [-0.25, -0.2) is 4.39 Å². The number of carbonyl (C=O) groups excluding carboxylic acids is 1. The highest BCUT2D eigenvalue weighted by molar-refractivity contribution is 6.06. The summed E-state index contributed by atoms with van der Waals surface area (Å²) in [5.41, 5.74) is -0.634. The lowest BCUT2D eigenvalue weighted by Gasteiger charge is -2.14. The smallest absolute Gasteiger partial charge is 0.350 e. The molecule has 0 aliphatic heterocycles. The van der Waals surface area contributed by atoms with Crippen LogP contribution in [0.5, 0.6) is 0 Å². The van der Waals surface area contributed by atoms with Crippen LogP contribution in [0.2, 0.25) is 0 Å². The highest BCUT2D eigenvalue weighted by Gasteiger charge is 2.34. The van der Waals surface area contributed by atoms with Gasteiger partial charge in [0, 0.05) is 23.2 Å². The summed E-state index contributed by atoms with van der Waals surface area (Å²) in [6.07, 6.45) is -4.76. The van der Waals surface area contributed by atoms with E-state index in [1.165, 1.54) is 48.5 Å². The maximum atomic E-state index is 13.4. The number of nitrogens with one attached hydrogen (secondary N) is 2. The highest BCUT2D eigenvalue weighted by Crippen LogP contribution is 2.38. The van der Waals surface area contributed by atoms with Crippen LogP contribution >= 0.6 is 0 Å². The Bertz CT molecular complexity index is 1360. The molecule has 1 heterocycles. The van der Waals surface area contributed by atoms with Gasteiger partial charge in [0.2, 0.25) is 0 Å². The number of nitro groups is 1. The second-order valence-electron chi connectivity index (χ2n) is 6.93. The first-order chi connectivity index (χ1) is 15.1. The second kappa shape index (κ2) is 7.80. The third-order valence-electron chi connectivity index (χ3n) is 4.78. The van der Waals surface area contributed by atoms with Crippen molar-refractivity contribution in [3.8, 4) is 11.1 Å². The number of alkyl halides is 3. The second-order valence-corrected chi connectivity index (χ2v) is 6.93. The Balaban J connectivity index is 1.63. The van der Waals surface area contributed by atoms with E-state index in [4.69, 9.17) is 0 Å². The fourth-order valence-electron chi connectivity index (χ4n) is 3.32. The molecule has 0 saturated carbocycles. The van der Waals surface area contributed by atoms with Crippen molar-refractivity contribution in [3.05, 3.63) is 93.9 Å². The molecule has 10 heteroatoms. The molecular formula is C22H13F4N3O3. The molecule has 1 amide bonds. The van der Waals surface area contributed by atoms with Crippen LogP contribution in [0.1, 0.15) is 16.1 Å². The van der Waals surface area contributed by atoms with Crippen molar-refractivity contribution in [2.24, 2.45) is 0 Å². The lowest BCUT2D eigenvalue weighted by atomic mass is 9.98. The highest BCUT2D eigenvalue weighted by atomic mass is 19.4. The number of non-ortho nitro benzene ring substituents is 1. The van der Waals surface area contributed by atoms with E-state index < -0.39 is 28.4 Å². The number of benzene rings is 3. The van der Waals surface area contributed by atoms with Crippen LogP contribution in [-0.2, 0) is 6.18 Å². The molecule has 4 rings (SSSR count). The van der Waals surface area contributed by atoms with Crippen LogP contribution in [0.25, 0.3) is 22.0 Å². The van der Waals surface area contributed by atoms with Crippen molar-refractivity contribution in [1.82, 2.24) is 4.98 Å². The first-order valence-corrected chi connectivity index (χ1v) is 9.17. The summed E-state index contributed by atoms with van der Waals surface area (Å²) in [6, 6.07) is 13.7. The quantitative estimate of drug-likeness (QED) is 0.225. The van der Waals surface area contributed by atoms with Crippen molar-refractivity contribution in [2.75, 3.05) is 5.32 Å². The molecule has 0 saturated heterocycles. The maximum Gasteiger partial charge on any atom is 0.417 e. The molecule has 6 nitrogen and oxygen atoms in total. The van der Waals surface area contributed by atoms with Crippen molar-refractivity contribution in [2.45, 2.75) is 6.18 Å². The Kier molecular flexibility index (Phi) is 5.13. The summed E-state index contributed by atoms with van der Waals surface area (Å²) in [5.74, 6) is -1.60. The summed E-state index contributed by atoms with van der Waals surface area (Å²) in [4.78, 5) is 25.7. The van der Waals surface area contributed by atoms with E-state index in [1.54, 1.807) is 0 Å². The number of rotatable bonds is 4. The topological polar surface area (TPSA) is 88.0 Å². The number of anilines is 1. The Morgan fingerprint density at radius 1 is 1.00 bits per heavy atom. The molecule has 0 bridgehead atoms. The van der Waals surface area contributed by atoms with Crippen molar-refractivity contribution in [1.29, 1.82) is 0 Å². The van der Waals surface area contributed by atoms with Crippen LogP contribution < -0.4 is 5.32 Å². The summed E-state index contributed by atoms with van der Waals surface area (Å²) < 4.78 is 53.4. The standard InChI is InChI=1S/C22H13F4N3O3/c23-14-5-7-17(18(10-14)22(24,25)26)12-2-1-3-15(8-12)27-21(30)20-9-13-4-6-16(29(31)32)11-19(13)28-20/h1-11,28H,(H,27,30). The van der Waals surface area contributed by atoms with Gasteiger partial charge in [0.1, 0.15) is 11.5 Å². The number of nitrogens with zero attached hydrogens (tertiary/aromatic N) is 1. The molecule has 3 aromatic carbocycles. The first kappa shape index (κ1) is 21.0. The molecular weight excluding hydrogens is 430 g/mol. The Hall–Kier alpha value is -4.21. The number of nitro benzene ring substituents is 1. The first-order valence-electron chi connectivity index (χ1n) is 9.17. The van der Waals surface area contributed by atoms with Gasteiger partial charge in [0.25, 0.3) is 11.6 Å². The van der Waals surface area contributed by atoms with Gasteiger partial charge < -0.3 is 10.3 Å². The number of fused-ring (bicyclic) bond motifs is 1. The van der Waals surface area contributed by atoms with Crippen molar-refractivity contribution < 1.29 is 27.3 Å². The van der Waals surface area contributed by atoms with Gasteiger partial charge >= 0.3 is 6.18 Å². The molecule has 0 atom stereocenters. The Morgan fingerprint density at radius 3 is 2.50 bits per heavy atom. The number of aromatic amines is 1. The van der Waals surface area contributed by atoms with Crippen LogP contribution in [0.4, 0.5) is 28.9 Å². The minimum Gasteiger partial charge on any atom is -0.350 e. The lowest BCUT2D eigenvalue weighted by Crippen LogP contribution is -2.12. The monoisotopic (exact) mass is 443 g/mol. The number of amides is 1. The zero-order chi connectivity index (χ0) is 23.0. The largest absolute Gasteiger partial charge is 0.417 e. The Labute approximate surface area is 177 Å². The van der Waals surface area contributed by atoms with E-state index in [-0.39, 0.29) is 28.2 Å². The number of halogens is 4. The summed E-state index contributed by atoms with van der Waals surface area (Å²) in [6.45, 7) is 0. The molecule has 2 N–H and O–H groups in total. The molecule has 0 unspecified atom stereocenters. The van der Waals surface area contributed by atoms with Gasteiger partial charge in [-0.05, 0) is 47.5 Å². The molecule has 4 aromatic rings. The molecule has 32 heavy (non-hydrogen) atoms. The summed E-state index contributed by atoms with van der Waals surface area (Å²) >= 11 is 0. The van der Waals surface area contributed by atoms with Crippen molar-refractivity contribution >= 4 is 28.2 Å². The zero-order valence-corrected chi connectivity index (χ0v) is 16.0. The zero-order valence-electron chi connectivity index (χ0n) is 16.0. The number of carbonyl (C=O) groups is 1. The molecule has 0 aliphatic rings. The van der Waals surface area contributed by atoms with Gasteiger partial charge in [0.15, 0.2) is 0 Å². The number of aromatic nitrogens is 1. The number of hydrogen-bond acceptors (Lipinski definition) is 3. The van der Waals surface area contributed by atoms with Crippen LogP contribution in [0.15, 0.2) is 66.7 Å². The van der Waals surface area contributed by atoms with E-state index in [0.29, 0.717) is 17.0 Å². The minimum atomic E-state index is -4.76. The van der Waals surface area contributed by atoms with Gasteiger partial charge in [-0.15, -0.1) is 0 Å². The van der Waals surface area contributed by atoms with E-state index >= 15 is 0 Å². The predicted molar refractivity (Wildman–Crippen MR) is 110 cm³/mol. The third kappa shape index (κ3) is 4.15. The van der Waals surface area contributed by atoms with Crippen LogP contribution in [0, 0.1) is 15.9 Å². The van der Waals surface area contributed by atoms with Gasteiger partial charge in [-0.2, -0.15) is 13.2 Å². The average Bonchev–Trinajstić information content (AvgIpc) is 3.17. The van der Waals surface area contributed by atoms with E-state index in [0.717, 1.165) is 12.1 Å².